The summed E-state index contributed by atoms with van der Waals surface area (Å²) in [7, 11) is 7.34. The van der Waals surface area contributed by atoms with E-state index in [9.17, 15) is 0 Å². The Morgan fingerprint density at radius 2 is 1.85 bits per heavy atom. The van der Waals surface area contributed by atoms with Crippen LogP contribution in [0.25, 0.3) is 0 Å². The molecule has 0 heterocycles. The fraction of sp³-hybridized carbons (Fsp3) is 0.364. The van der Waals surface area contributed by atoms with Gasteiger partial charge < -0.3 is 0 Å². The van der Waals surface area contributed by atoms with Gasteiger partial charge in [0.05, 0.1) is 0 Å². The second-order valence-corrected chi connectivity index (χ2v) is 3.54. The molecule has 1 radical (unpaired) electrons. The number of hydrogen-bond acceptors (Lipinski definition) is 1. The molecular formula is C11H12BO. The van der Waals surface area contributed by atoms with Gasteiger partial charge in [0.1, 0.15) is 0 Å². The van der Waals surface area contributed by atoms with Gasteiger partial charge in [-0.05, 0) is 0 Å². The molecule has 1 fully saturated rings. The summed E-state index contributed by atoms with van der Waals surface area (Å²) in [5, 5.41) is 0. The molecule has 1 aromatic rings. The second kappa shape index (κ2) is 3.37. The fourth-order valence-corrected chi connectivity index (χ4v) is 1.68. The van der Waals surface area contributed by atoms with Gasteiger partial charge in [0.25, 0.3) is 0 Å². The van der Waals surface area contributed by atoms with E-state index in [1.54, 1.807) is 7.11 Å². The molecule has 0 spiro atoms. The van der Waals surface area contributed by atoms with Crippen LogP contribution in [0.15, 0.2) is 24.3 Å². The predicted octanol–water partition coefficient (Wildman–Crippen LogP) is 1.91. The molecule has 0 aliphatic heterocycles. The van der Waals surface area contributed by atoms with Gasteiger partial charge in [-0.2, -0.15) is 0 Å². The Morgan fingerprint density at radius 3 is 2.31 bits per heavy atom. The van der Waals surface area contributed by atoms with E-state index in [1.165, 1.54) is 5.56 Å². The average molecular weight is 171 g/mol. The molecule has 0 aromatic heterocycles. The number of rotatable bonds is 2. The van der Waals surface area contributed by atoms with E-state index in [2.05, 4.69) is 12.1 Å². The second-order valence-electron chi connectivity index (χ2n) is 3.54. The molecule has 2 heteroatoms. The monoisotopic (exact) mass is 171 g/mol. The van der Waals surface area contributed by atoms with Crippen molar-refractivity contribution in [1.82, 2.24) is 0 Å². The number of ether oxygens (including phenoxy) is 1. The van der Waals surface area contributed by atoms with Gasteiger partial charge in [-0.1, -0.05) is 0 Å². The average Bonchev–Trinajstić information content (AvgIpc) is 2.13. The molecule has 0 amide bonds. The Kier molecular flexibility index (Phi) is 2.21. The quantitative estimate of drug-likeness (QED) is 0.617. The predicted molar refractivity (Wildman–Crippen MR) is 55.7 cm³/mol. The van der Waals surface area contributed by atoms with Gasteiger partial charge in [-0.15, -0.1) is 0 Å². The Morgan fingerprint density at radius 1 is 1.23 bits per heavy atom. The van der Waals surface area contributed by atoms with Crippen LogP contribution in [0.3, 0.4) is 0 Å². The summed E-state index contributed by atoms with van der Waals surface area (Å²) in [6.07, 6.45) is 2.10. The van der Waals surface area contributed by atoms with Crippen LogP contribution in [0.1, 0.15) is 24.3 Å². The van der Waals surface area contributed by atoms with Gasteiger partial charge >= 0.3 is 79.1 Å². The first kappa shape index (κ1) is 8.55. The zero-order valence-corrected chi connectivity index (χ0v) is 7.79. The molecule has 1 nitrogen and oxygen atoms in total. The molecule has 0 saturated heterocycles. The molecular weight excluding hydrogens is 159 g/mol. The van der Waals surface area contributed by atoms with Crippen LogP contribution in [-0.2, 0) is 0 Å². The number of hydrogen-bond donors (Lipinski definition) is 0. The van der Waals surface area contributed by atoms with Crippen molar-refractivity contribution in [2.75, 3.05) is 7.11 Å². The summed E-state index contributed by atoms with van der Waals surface area (Å²) in [5.41, 5.74) is 2.50. The molecule has 0 unspecified atom stereocenters. The van der Waals surface area contributed by atoms with E-state index in [1.807, 2.05) is 12.1 Å². The first-order chi connectivity index (χ1) is 6.29. The van der Waals surface area contributed by atoms with Gasteiger partial charge in [0.15, 0.2) is 0 Å². The molecule has 1 aliphatic carbocycles. The minimum absolute atomic E-state index is 0.644. The maximum absolute atomic E-state index is 5.65. The normalized spacial score (nSPS) is 16.8. The van der Waals surface area contributed by atoms with Gasteiger partial charge in [-0.25, -0.2) is 0 Å². The van der Waals surface area contributed by atoms with E-state index in [0.717, 1.165) is 24.1 Å². The molecule has 0 N–H and O–H groups in total. The zero-order chi connectivity index (χ0) is 9.26. The van der Waals surface area contributed by atoms with Crippen LogP contribution < -0.4 is 4.74 Å². The van der Waals surface area contributed by atoms with Crippen LogP contribution in [0, 0.1) is 0 Å². The van der Waals surface area contributed by atoms with Crippen molar-refractivity contribution < 1.29 is 4.74 Å². The van der Waals surface area contributed by atoms with Crippen molar-refractivity contribution in [2.45, 2.75) is 18.8 Å². The molecule has 1 aliphatic rings. The van der Waals surface area contributed by atoms with Gasteiger partial charge in [0, 0.05) is 0 Å². The third kappa shape index (κ3) is 1.67. The van der Waals surface area contributed by atoms with Crippen LogP contribution in [0.5, 0.6) is 5.75 Å². The first-order valence-electron chi connectivity index (χ1n) is 4.53. The molecule has 65 valence electrons. The molecule has 13 heavy (non-hydrogen) atoms. The summed E-state index contributed by atoms with van der Waals surface area (Å²) in [5.74, 6) is 1.56. The number of benzene rings is 1. The van der Waals surface area contributed by atoms with Crippen molar-refractivity contribution in [3.63, 3.8) is 0 Å². The standard InChI is InChI=1S/C11H12BO/c1-13-11-4-2-8(3-5-11)9-6-10(12)7-9/h2-5,9H,6-7H2,1H3. The molecule has 1 saturated carbocycles. The Balaban J connectivity index is 2.10. The Hall–Kier alpha value is -1.05. The Bertz CT molecular complexity index is 307. The molecule has 2 rings (SSSR count). The van der Waals surface area contributed by atoms with E-state index in [0.29, 0.717) is 5.92 Å². The van der Waals surface area contributed by atoms with Crippen LogP contribution in [-0.4, -0.2) is 20.1 Å². The summed E-state index contributed by atoms with van der Waals surface area (Å²) in [4.78, 5) is 0. The van der Waals surface area contributed by atoms with E-state index in [4.69, 9.17) is 12.2 Å². The van der Waals surface area contributed by atoms with Crippen LogP contribution in [0.2, 0.25) is 0 Å². The van der Waals surface area contributed by atoms with Gasteiger partial charge in [-0.3, -0.25) is 0 Å². The van der Waals surface area contributed by atoms with Crippen molar-refractivity contribution in [1.29, 1.82) is 0 Å². The van der Waals surface area contributed by atoms with Crippen molar-refractivity contribution >= 4 is 13.0 Å². The molecule has 1 aromatic carbocycles. The summed E-state index contributed by atoms with van der Waals surface area (Å²) < 4.78 is 5.09. The van der Waals surface area contributed by atoms with E-state index < -0.39 is 0 Å². The SMILES string of the molecule is [B]=C1CC(c2ccc(OC)cc2)C1. The van der Waals surface area contributed by atoms with Crippen LogP contribution in [0.4, 0.5) is 0 Å². The zero-order valence-electron chi connectivity index (χ0n) is 7.79. The molecule has 0 atom stereocenters. The fourth-order valence-electron chi connectivity index (χ4n) is 1.68. The number of methoxy groups -OCH3 is 1. The summed E-state index contributed by atoms with van der Waals surface area (Å²) in [6, 6.07) is 8.25. The third-order valence-corrected chi connectivity index (χ3v) is 2.60. The minimum atomic E-state index is 0.644. The van der Waals surface area contributed by atoms with Crippen molar-refractivity contribution in [3.8, 4) is 5.75 Å². The maximum atomic E-state index is 5.65. The van der Waals surface area contributed by atoms with Crippen LogP contribution >= 0.6 is 0 Å². The van der Waals surface area contributed by atoms with Gasteiger partial charge in [0.2, 0.25) is 0 Å². The van der Waals surface area contributed by atoms with E-state index >= 15 is 0 Å². The third-order valence-electron chi connectivity index (χ3n) is 2.60. The Labute approximate surface area is 79.8 Å². The topological polar surface area (TPSA) is 9.23 Å². The van der Waals surface area contributed by atoms with Crippen molar-refractivity contribution in [2.24, 2.45) is 0 Å². The van der Waals surface area contributed by atoms with E-state index in [-0.39, 0.29) is 0 Å². The van der Waals surface area contributed by atoms with Crippen molar-refractivity contribution in [3.05, 3.63) is 29.8 Å². The first-order valence-corrected chi connectivity index (χ1v) is 4.53. The molecule has 0 bridgehead atoms. The summed E-state index contributed by atoms with van der Waals surface area (Å²) >= 11 is 0. The summed E-state index contributed by atoms with van der Waals surface area (Å²) in [6.45, 7) is 0.